The summed E-state index contributed by atoms with van der Waals surface area (Å²) in [7, 11) is 0. The van der Waals surface area contributed by atoms with Gasteiger partial charge in [0, 0.05) is 34.7 Å². The first-order chi connectivity index (χ1) is 14.0. The first kappa shape index (κ1) is 19.1. The fourth-order valence-electron chi connectivity index (χ4n) is 3.16. The third kappa shape index (κ3) is 4.14. The third-order valence-electron chi connectivity index (χ3n) is 4.68. The molecule has 1 aromatic carbocycles. The number of nitrogens with one attached hydrogen (secondary N) is 1. The summed E-state index contributed by atoms with van der Waals surface area (Å²) in [6, 6.07) is 10.8. The highest BCUT2D eigenvalue weighted by Crippen LogP contribution is 2.24. The summed E-state index contributed by atoms with van der Waals surface area (Å²) in [5.74, 6) is 0.763. The van der Waals surface area contributed by atoms with E-state index >= 15 is 0 Å². The van der Waals surface area contributed by atoms with E-state index in [0.717, 1.165) is 16.5 Å². The Labute approximate surface area is 172 Å². The van der Waals surface area contributed by atoms with Crippen molar-refractivity contribution in [3.63, 3.8) is 0 Å². The van der Waals surface area contributed by atoms with Gasteiger partial charge in [0.15, 0.2) is 0 Å². The number of halogens is 1. The molecular formula is C21H20ClN5O2. The maximum absolute atomic E-state index is 12.7. The molecule has 0 aliphatic rings. The Balaban J connectivity index is 1.52. The van der Waals surface area contributed by atoms with Gasteiger partial charge in [0.05, 0.1) is 0 Å². The van der Waals surface area contributed by atoms with E-state index in [-0.39, 0.29) is 18.4 Å². The highest BCUT2D eigenvalue weighted by atomic mass is 35.5. The lowest BCUT2D eigenvalue weighted by atomic mass is 10.0. The van der Waals surface area contributed by atoms with Crippen LogP contribution in [0.15, 0.2) is 59.5 Å². The molecule has 7 nitrogen and oxygen atoms in total. The van der Waals surface area contributed by atoms with E-state index in [1.165, 1.54) is 0 Å². The molecule has 29 heavy (non-hydrogen) atoms. The number of aromatic nitrogens is 4. The molecule has 1 unspecified atom stereocenters. The summed E-state index contributed by atoms with van der Waals surface area (Å²) in [6.45, 7) is 4.15. The van der Waals surface area contributed by atoms with Crippen LogP contribution in [-0.2, 0) is 11.3 Å². The van der Waals surface area contributed by atoms with Crippen molar-refractivity contribution < 1.29 is 9.32 Å². The van der Waals surface area contributed by atoms with E-state index in [9.17, 15) is 4.79 Å². The second-order valence-electron chi connectivity index (χ2n) is 7.13. The first-order valence-electron chi connectivity index (χ1n) is 9.29. The van der Waals surface area contributed by atoms with E-state index in [1.807, 2.05) is 48.9 Å². The number of nitrogens with zero attached hydrogens (tertiary/aromatic N) is 4. The molecule has 0 aliphatic heterocycles. The minimum absolute atomic E-state index is 0.0699. The Morgan fingerprint density at radius 2 is 2.00 bits per heavy atom. The van der Waals surface area contributed by atoms with Crippen molar-refractivity contribution >= 4 is 28.4 Å². The van der Waals surface area contributed by atoms with Crippen molar-refractivity contribution in [3.05, 3.63) is 65.9 Å². The number of hydrogen-bond donors (Lipinski definition) is 1. The number of carbonyl (C=O) groups excluding carboxylic acids is 1. The zero-order chi connectivity index (χ0) is 20.4. The lowest BCUT2D eigenvalue weighted by Gasteiger charge is -2.19. The van der Waals surface area contributed by atoms with E-state index in [2.05, 4.69) is 20.4 Å². The van der Waals surface area contributed by atoms with E-state index in [0.29, 0.717) is 16.7 Å². The predicted octanol–water partition coefficient (Wildman–Crippen LogP) is 4.25. The van der Waals surface area contributed by atoms with Gasteiger partial charge in [-0.1, -0.05) is 36.7 Å². The zero-order valence-corrected chi connectivity index (χ0v) is 16.8. The molecule has 0 spiro atoms. The van der Waals surface area contributed by atoms with E-state index in [1.54, 1.807) is 24.5 Å². The Bertz CT molecular complexity index is 1140. The average Bonchev–Trinajstić information content (AvgIpc) is 3.34. The van der Waals surface area contributed by atoms with Crippen LogP contribution in [0.1, 0.15) is 25.8 Å². The molecule has 3 aromatic heterocycles. The van der Waals surface area contributed by atoms with Crippen LogP contribution in [0.4, 0.5) is 0 Å². The summed E-state index contributed by atoms with van der Waals surface area (Å²) >= 11 is 6.10. The number of fused-ring (bicyclic) bond motifs is 1. The lowest BCUT2D eigenvalue weighted by Crippen LogP contribution is -2.34. The van der Waals surface area contributed by atoms with Gasteiger partial charge in [-0.15, -0.1) is 0 Å². The monoisotopic (exact) mass is 409 g/mol. The summed E-state index contributed by atoms with van der Waals surface area (Å²) in [5.41, 5.74) is 1.71. The molecule has 0 saturated carbocycles. The minimum Gasteiger partial charge on any atom is -0.342 e. The normalized spacial score (nSPS) is 12.4. The highest BCUT2D eigenvalue weighted by molar-refractivity contribution is 6.31. The standard InChI is InChI=1S/C21H20ClN5O2/c1-13(2)19(21-25-20(26-29-21)15-5-8-23-9-6-15)24-18(28)12-27-10-7-14-3-4-16(22)11-17(14)27/h3-11,13,19H,12H2,1-2H3,(H,24,28). The highest BCUT2D eigenvalue weighted by Gasteiger charge is 2.25. The molecule has 0 aliphatic carbocycles. The molecule has 1 N–H and O–H groups in total. The van der Waals surface area contributed by atoms with Gasteiger partial charge in [0.1, 0.15) is 12.6 Å². The average molecular weight is 410 g/mol. The largest absolute Gasteiger partial charge is 0.342 e. The number of hydrogen-bond acceptors (Lipinski definition) is 5. The van der Waals surface area contributed by atoms with Crippen LogP contribution in [0, 0.1) is 5.92 Å². The number of carbonyl (C=O) groups is 1. The molecule has 0 bridgehead atoms. The first-order valence-corrected chi connectivity index (χ1v) is 9.67. The van der Waals surface area contributed by atoms with E-state index < -0.39 is 6.04 Å². The molecule has 4 aromatic rings. The van der Waals surface area contributed by atoms with Gasteiger partial charge >= 0.3 is 0 Å². The molecule has 0 radical (unpaired) electrons. The summed E-state index contributed by atoms with van der Waals surface area (Å²) in [4.78, 5) is 21.2. The molecule has 3 heterocycles. The smallest absolute Gasteiger partial charge is 0.249 e. The topological polar surface area (TPSA) is 85.8 Å². The molecule has 1 amide bonds. The van der Waals surface area contributed by atoms with Crippen molar-refractivity contribution in [2.24, 2.45) is 5.92 Å². The Morgan fingerprint density at radius 3 is 2.76 bits per heavy atom. The number of rotatable bonds is 6. The maximum atomic E-state index is 12.7. The number of benzene rings is 1. The Kier molecular flexibility index (Phi) is 5.31. The van der Waals surface area contributed by atoms with Crippen molar-refractivity contribution in [3.8, 4) is 11.4 Å². The fourth-order valence-corrected chi connectivity index (χ4v) is 3.33. The van der Waals surface area contributed by atoms with Crippen LogP contribution in [0.2, 0.25) is 5.02 Å². The summed E-state index contributed by atoms with van der Waals surface area (Å²) in [5, 5.41) is 8.71. The van der Waals surface area contributed by atoms with Crippen LogP contribution in [0.25, 0.3) is 22.3 Å². The van der Waals surface area contributed by atoms with Crippen LogP contribution in [-0.4, -0.2) is 25.6 Å². The SMILES string of the molecule is CC(C)C(NC(=O)Cn1ccc2ccc(Cl)cc21)c1nc(-c2ccncc2)no1. The molecule has 8 heteroatoms. The molecule has 0 saturated heterocycles. The van der Waals surface area contributed by atoms with Crippen LogP contribution in [0.3, 0.4) is 0 Å². The molecular weight excluding hydrogens is 390 g/mol. The van der Waals surface area contributed by atoms with Gasteiger partial charge in [-0.05, 0) is 41.6 Å². The maximum Gasteiger partial charge on any atom is 0.249 e. The van der Waals surface area contributed by atoms with Crippen LogP contribution >= 0.6 is 11.6 Å². The van der Waals surface area contributed by atoms with E-state index in [4.69, 9.17) is 16.1 Å². The zero-order valence-electron chi connectivity index (χ0n) is 16.0. The number of pyridine rings is 1. The Hall–Kier alpha value is -3.19. The van der Waals surface area contributed by atoms with Crippen LogP contribution in [0.5, 0.6) is 0 Å². The second-order valence-corrected chi connectivity index (χ2v) is 7.56. The van der Waals surface area contributed by atoms with Gasteiger partial charge in [-0.25, -0.2) is 0 Å². The molecule has 1 atom stereocenters. The van der Waals surface area contributed by atoms with Crippen molar-refractivity contribution in [1.82, 2.24) is 25.0 Å². The lowest BCUT2D eigenvalue weighted by molar-refractivity contribution is -0.122. The van der Waals surface area contributed by atoms with Gasteiger partial charge < -0.3 is 14.4 Å². The predicted molar refractivity (Wildman–Crippen MR) is 110 cm³/mol. The Morgan fingerprint density at radius 1 is 1.21 bits per heavy atom. The molecule has 0 fully saturated rings. The molecule has 4 rings (SSSR count). The van der Waals surface area contributed by atoms with Gasteiger partial charge in [-0.3, -0.25) is 9.78 Å². The van der Waals surface area contributed by atoms with Gasteiger partial charge in [-0.2, -0.15) is 4.98 Å². The quantitative estimate of drug-likeness (QED) is 0.514. The van der Waals surface area contributed by atoms with Crippen molar-refractivity contribution in [2.75, 3.05) is 0 Å². The second kappa shape index (κ2) is 8.05. The van der Waals surface area contributed by atoms with Crippen LogP contribution < -0.4 is 5.32 Å². The molecule has 148 valence electrons. The van der Waals surface area contributed by atoms with Crippen molar-refractivity contribution in [2.45, 2.75) is 26.4 Å². The number of amides is 1. The van der Waals surface area contributed by atoms with Crippen molar-refractivity contribution in [1.29, 1.82) is 0 Å². The third-order valence-corrected chi connectivity index (χ3v) is 4.91. The van der Waals surface area contributed by atoms with Gasteiger partial charge in [0.25, 0.3) is 0 Å². The summed E-state index contributed by atoms with van der Waals surface area (Å²) in [6.07, 6.45) is 5.21. The minimum atomic E-state index is -0.393. The van der Waals surface area contributed by atoms with Gasteiger partial charge in [0.2, 0.25) is 17.6 Å². The fraction of sp³-hybridized carbons (Fsp3) is 0.238. The summed E-state index contributed by atoms with van der Waals surface area (Å²) < 4.78 is 7.31.